The molecule has 0 aromatic heterocycles. The quantitative estimate of drug-likeness (QED) is 0.778. The molecule has 0 aromatic carbocycles. The van der Waals surface area contributed by atoms with Crippen molar-refractivity contribution >= 4 is 11.8 Å². The topological polar surface area (TPSA) is 67.9 Å². The molecule has 3 fully saturated rings. The average Bonchev–Trinajstić information content (AvgIpc) is 3.27. The van der Waals surface area contributed by atoms with Crippen molar-refractivity contribution in [2.75, 3.05) is 40.0 Å². The summed E-state index contributed by atoms with van der Waals surface area (Å²) in [6.45, 7) is 2.89. The van der Waals surface area contributed by atoms with E-state index in [2.05, 4.69) is 5.32 Å². The number of hydrogen-bond acceptors (Lipinski definition) is 4. The van der Waals surface area contributed by atoms with E-state index in [-0.39, 0.29) is 24.0 Å². The van der Waals surface area contributed by atoms with Gasteiger partial charge in [0.05, 0.1) is 19.7 Å². The van der Waals surface area contributed by atoms with E-state index in [1.807, 2.05) is 0 Å². The number of rotatable bonds is 6. The summed E-state index contributed by atoms with van der Waals surface area (Å²) in [4.78, 5) is 25.2. The second-order valence-corrected chi connectivity index (χ2v) is 7.03. The number of methoxy groups -OCH3 is 1. The van der Waals surface area contributed by atoms with Crippen molar-refractivity contribution < 1.29 is 19.1 Å². The van der Waals surface area contributed by atoms with Gasteiger partial charge in [0, 0.05) is 20.1 Å². The summed E-state index contributed by atoms with van der Waals surface area (Å²) in [6.07, 6.45) is 5.12. The molecular formula is C16H26N2O4. The molecule has 2 aliphatic heterocycles. The molecule has 1 aliphatic carbocycles. The highest BCUT2D eigenvalue weighted by atomic mass is 16.5. The van der Waals surface area contributed by atoms with Gasteiger partial charge in [0.25, 0.3) is 0 Å². The summed E-state index contributed by atoms with van der Waals surface area (Å²) < 4.78 is 10.9. The number of ether oxygens (including phenoxy) is 2. The van der Waals surface area contributed by atoms with Crippen molar-refractivity contribution in [2.45, 2.75) is 37.7 Å². The van der Waals surface area contributed by atoms with Crippen molar-refractivity contribution in [3.8, 4) is 0 Å². The Kier molecular flexibility index (Phi) is 4.68. The fourth-order valence-electron chi connectivity index (χ4n) is 3.28. The van der Waals surface area contributed by atoms with Crippen LogP contribution >= 0.6 is 0 Å². The molecule has 124 valence electrons. The third-order valence-corrected chi connectivity index (χ3v) is 4.97. The third-order valence-electron chi connectivity index (χ3n) is 4.97. The molecule has 2 saturated heterocycles. The summed E-state index contributed by atoms with van der Waals surface area (Å²) in [5.41, 5.74) is -0.141. The predicted molar refractivity (Wildman–Crippen MR) is 80.2 cm³/mol. The maximum absolute atomic E-state index is 11.7. The Bertz CT molecular complexity index is 420. The van der Waals surface area contributed by atoms with Gasteiger partial charge in [-0.2, -0.15) is 0 Å². The van der Waals surface area contributed by atoms with Gasteiger partial charge in [-0.05, 0) is 37.5 Å². The van der Waals surface area contributed by atoms with Crippen molar-refractivity contribution in [1.82, 2.24) is 10.2 Å². The molecule has 6 heteroatoms. The first-order chi connectivity index (χ1) is 10.6. The molecular weight excluding hydrogens is 284 g/mol. The van der Waals surface area contributed by atoms with Crippen molar-refractivity contribution in [3.63, 3.8) is 0 Å². The predicted octanol–water partition coefficient (Wildman–Crippen LogP) is 0.557. The van der Waals surface area contributed by atoms with Crippen molar-refractivity contribution in [2.24, 2.45) is 11.8 Å². The van der Waals surface area contributed by atoms with Crippen LogP contribution in [-0.2, 0) is 19.1 Å². The third kappa shape index (κ3) is 3.79. The Morgan fingerprint density at radius 2 is 2.05 bits per heavy atom. The lowest BCUT2D eigenvalue weighted by Gasteiger charge is -2.52. The Morgan fingerprint density at radius 1 is 1.27 bits per heavy atom. The fraction of sp³-hybridized carbons (Fsp3) is 0.875. The molecule has 1 spiro atoms. The molecule has 2 amide bonds. The number of hydrogen-bond donors (Lipinski definition) is 1. The van der Waals surface area contributed by atoms with Crippen molar-refractivity contribution in [1.29, 1.82) is 0 Å². The molecule has 2 heterocycles. The van der Waals surface area contributed by atoms with Crippen LogP contribution in [-0.4, -0.2) is 62.3 Å². The highest BCUT2D eigenvalue weighted by Crippen LogP contribution is 2.36. The zero-order chi connectivity index (χ0) is 15.6. The number of amides is 2. The lowest BCUT2D eigenvalue weighted by molar-refractivity contribution is -0.190. The monoisotopic (exact) mass is 310 g/mol. The Morgan fingerprint density at radius 3 is 2.64 bits per heavy atom. The van der Waals surface area contributed by atoms with E-state index in [9.17, 15) is 9.59 Å². The van der Waals surface area contributed by atoms with Gasteiger partial charge < -0.3 is 19.7 Å². The molecule has 6 nitrogen and oxygen atoms in total. The van der Waals surface area contributed by atoms with E-state index in [1.165, 1.54) is 20.0 Å². The number of carbonyl (C=O) groups excluding carboxylic acids is 2. The van der Waals surface area contributed by atoms with Crippen LogP contribution in [0.4, 0.5) is 0 Å². The van der Waals surface area contributed by atoms with E-state index in [4.69, 9.17) is 9.47 Å². The second-order valence-electron chi connectivity index (χ2n) is 7.03. The Labute approximate surface area is 131 Å². The molecule has 1 saturated carbocycles. The molecule has 0 radical (unpaired) electrons. The first-order valence-corrected chi connectivity index (χ1v) is 8.27. The second kappa shape index (κ2) is 6.54. The first kappa shape index (κ1) is 15.7. The molecule has 3 aliphatic rings. The molecule has 1 atom stereocenters. The SMILES string of the molecule is COCC(=O)N1CC2(CC[C@H](CNC(=O)CC3CC3)CO2)C1. The van der Waals surface area contributed by atoms with E-state index in [0.717, 1.165) is 12.8 Å². The minimum Gasteiger partial charge on any atom is -0.375 e. The molecule has 1 N–H and O–H groups in total. The van der Waals surface area contributed by atoms with Gasteiger partial charge in [-0.3, -0.25) is 9.59 Å². The zero-order valence-electron chi connectivity index (χ0n) is 13.3. The summed E-state index contributed by atoms with van der Waals surface area (Å²) >= 11 is 0. The van der Waals surface area contributed by atoms with Gasteiger partial charge in [0.1, 0.15) is 12.2 Å². The molecule has 0 unspecified atom stereocenters. The molecule has 0 bridgehead atoms. The maximum atomic E-state index is 11.7. The minimum absolute atomic E-state index is 0.0335. The van der Waals surface area contributed by atoms with Gasteiger partial charge in [-0.15, -0.1) is 0 Å². The molecule has 22 heavy (non-hydrogen) atoms. The average molecular weight is 310 g/mol. The van der Waals surface area contributed by atoms with Gasteiger partial charge in [0.2, 0.25) is 11.8 Å². The first-order valence-electron chi connectivity index (χ1n) is 8.27. The van der Waals surface area contributed by atoms with Crippen molar-refractivity contribution in [3.05, 3.63) is 0 Å². The van der Waals surface area contributed by atoms with Crippen LogP contribution < -0.4 is 5.32 Å². The summed E-state index contributed by atoms with van der Waals surface area (Å²) in [6, 6.07) is 0. The van der Waals surface area contributed by atoms with Crippen LogP contribution in [0.1, 0.15) is 32.1 Å². The minimum atomic E-state index is -0.141. The molecule has 0 aromatic rings. The number of carbonyl (C=O) groups is 2. The Hall–Kier alpha value is -1.14. The fourth-order valence-corrected chi connectivity index (χ4v) is 3.28. The van der Waals surface area contributed by atoms with Gasteiger partial charge >= 0.3 is 0 Å². The standard InChI is InChI=1S/C16H26N2O4/c1-21-9-15(20)18-10-16(11-18)5-4-13(8-22-16)7-17-14(19)6-12-2-3-12/h12-13H,2-11H2,1H3,(H,17,19)/t13-/m1/s1. The highest BCUT2D eigenvalue weighted by Gasteiger charge is 2.48. The number of nitrogens with one attached hydrogen (secondary N) is 1. The highest BCUT2D eigenvalue weighted by molar-refractivity contribution is 5.78. The van der Waals surface area contributed by atoms with Gasteiger partial charge in [-0.1, -0.05) is 0 Å². The summed E-state index contributed by atoms with van der Waals surface area (Å²) in [7, 11) is 1.53. The van der Waals surface area contributed by atoms with Crippen LogP contribution in [0, 0.1) is 11.8 Å². The van der Waals surface area contributed by atoms with Crippen LogP contribution in [0.5, 0.6) is 0 Å². The summed E-state index contributed by atoms with van der Waals surface area (Å²) in [5.74, 6) is 1.25. The summed E-state index contributed by atoms with van der Waals surface area (Å²) in [5, 5.41) is 3.03. The largest absolute Gasteiger partial charge is 0.375 e. The normalized spacial score (nSPS) is 26.6. The van der Waals surface area contributed by atoms with Crippen LogP contribution in [0.15, 0.2) is 0 Å². The van der Waals surface area contributed by atoms with E-state index >= 15 is 0 Å². The van der Waals surface area contributed by atoms with E-state index < -0.39 is 0 Å². The van der Waals surface area contributed by atoms with E-state index in [1.54, 1.807) is 4.90 Å². The molecule has 3 rings (SSSR count). The maximum Gasteiger partial charge on any atom is 0.248 e. The number of nitrogens with zero attached hydrogens (tertiary/aromatic N) is 1. The Balaban J connectivity index is 1.33. The van der Waals surface area contributed by atoms with Crippen LogP contribution in [0.2, 0.25) is 0 Å². The van der Waals surface area contributed by atoms with Gasteiger partial charge in [-0.25, -0.2) is 0 Å². The zero-order valence-corrected chi connectivity index (χ0v) is 13.3. The number of likely N-dealkylation sites (tertiary alicyclic amines) is 1. The smallest absolute Gasteiger partial charge is 0.248 e. The lowest BCUT2D eigenvalue weighted by atomic mass is 9.83. The lowest BCUT2D eigenvalue weighted by Crippen LogP contribution is -2.67. The van der Waals surface area contributed by atoms with Crippen LogP contribution in [0.25, 0.3) is 0 Å². The van der Waals surface area contributed by atoms with E-state index in [0.29, 0.717) is 44.5 Å². The van der Waals surface area contributed by atoms with Crippen LogP contribution in [0.3, 0.4) is 0 Å². The van der Waals surface area contributed by atoms with Gasteiger partial charge in [0.15, 0.2) is 0 Å².